The Balaban J connectivity index is 1.48. The molecule has 1 saturated carbocycles. The Hall–Kier alpha value is -3.24. The standard InChI is InChI=1S/C24H22BrClN6O3/c1-35-23-17(26)8-15(10-29-23)18-7-6-14(9-28-18)16-11-30-32-21(27)19(25)20(31-22(16)32)12-2-4-13(5-3-12)24(33)34/h6-13H,2-5,27H2,1H3,(H,33,34)/t12-,13-. The molecule has 0 radical (unpaired) electrons. The van der Waals surface area contributed by atoms with Crippen LogP contribution in [0.15, 0.2) is 41.3 Å². The van der Waals surface area contributed by atoms with Crippen molar-refractivity contribution in [3.63, 3.8) is 0 Å². The molecule has 0 atom stereocenters. The highest BCUT2D eigenvalue weighted by Crippen LogP contribution is 2.40. The molecule has 0 bridgehead atoms. The summed E-state index contributed by atoms with van der Waals surface area (Å²) in [5.74, 6) is -0.0763. The van der Waals surface area contributed by atoms with Gasteiger partial charge in [0.1, 0.15) is 10.8 Å². The fourth-order valence-electron chi connectivity index (χ4n) is 4.54. The number of fused-ring (bicyclic) bond motifs is 1. The minimum atomic E-state index is -0.729. The summed E-state index contributed by atoms with van der Waals surface area (Å²) >= 11 is 9.80. The number of aliphatic carboxylic acids is 1. The van der Waals surface area contributed by atoms with Gasteiger partial charge in [0.05, 0.1) is 35.1 Å². The Labute approximate surface area is 214 Å². The molecule has 3 N–H and O–H groups in total. The number of aromatic nitrogens is 5. The second kappa shape index (κ2) is 9.43. The van der Waals surface area contributed by atoms with E-state index in [0.29, 0.717) is 45.4 Å². The first kappa shape index (κ1) is 23.5. The summed E-state index contributed by atoms with van der Waals surface area (Å²) in [6.07, 6.45) is 7.88. The predicted molar refractivity (Wildman–Crippen MR) is 135 cm³/mol. The fourth-order valence-corrected chi connectivity index (χ4v) is 5.36. The Bertz CT molecular complexity index is 1420. The SMILES string of the molecule is COc1ncc(-c2ccc(-c3cnn4c(N)c(Br)c([C@H]5CC[C@H](C(=O)O)CC5)nc34)cn2)cc1Cl. The van der Waals surface area contributed by atoms with Crippen molar-refractivity contribution in [3.8, 4) is 28.3 Å². The molecule has 0 unspecified atom stereocenters. The second-order valence-corrected chi connectivity index (χ2v) is 9.72. The van der Waals surface area contributed by atoms with E-state index in [1.54, 1.807) is 29.2 Å². The summed E-state index contributed by atoms with van der Waals surface area (Å²) in [5.41, 5.74) is 11.0. The number of pyridine rings is 2. The molecular formula is C24H22BrClN6O3. The van der Waals surface area contributed by atoms with E-state index in [2.05, 4.69) is 31.0 Å². The van der Waals surface area contributed by atoms with Crippen LogP contribution in [0.2, 0.25) is 5.02 Å². The quantitative estimate of drug-likeness (QED) is 0.342. The van der Waals surface area contributed by atoms with Crippen LogP contribution in [0.25, 0.3) is 28.0 Å². The molecule has 0 amide bonds. The molecule has 0 aliphatic heterocycles. The van der Waals surface area contributed by atoms with Crippen LogP contribution in [0.5, 0.6) is 5.88 Å². The van der Waals surface area contributed by atoms with Crippen LogP contribution in [-0.4, -0.2) is 42.8 Å². The van der Waals surface area contributed by atoms with Gasteiger partial charge in [-0.25, -0.2) is 9.97 Å². The van der Waals surface area contributed by atoms with Gasteiger partial charge in [0.25, 0.3) is 0 Å². The molecule has 35 heavy (non-hydrogen) atoms. The molecule has 4 aromatic heterocycles. The number of nitrogens with zero attached hydrogens (tertiary/aromatic N) is 5. The first-order chi connectivity index (χ1) is 16.9. The number of carboxylic acids is 1. The Morgan fingerprint density at radius 1 is 1.17 bits per heavy atom. The van der Waals surface area contributed by atoms with Gasteiger partial charge < -0.3 is 15.6 Å². The zero-order valence-corrected chi connectivity index (χ0v) is 21.1. The van der Waals surface area contributed by atoms with E-state index in [1.165, 1.54) is 7.11 Å². The lowest BCUT2D eigenvalue weighted by Gasteiger charge is -2.26. The second-order valence-electron chi connectivity index (χ2n) is 8.52. The summed E-state index contributed by atoms with van der Waals surface area (Å²) in [6, 6.07) is 5.58. The van der Waals surface area contributed by atoms with Crippen LogP contribution in [0, 0.1) is 5.92 Å². The lowest BCUT2D eigenvalue weighted by Crippen LogP contribution is -2.21. The van der Waals surface area contributed by atoms with Crippen molar-refractivity contribution in [1.82, 2.24) is 24.6 Å². The summed E-state index contributed by atoms with van der Waals surface area (Å²) in [5, 5.41) is 14.2. The molecule has 0 saturated heterocycles. The maximum Gasteiger partial charge on any atom is 0.306 e. The Kier molecular flexibility index (Phi) is 6.33. The smallest absolute Gasteiger partial charge is 0.306 e. The molecule has 180 valence electrons. The number of hydrogen-bond donors (Lipinski definition) is 2. The van der Waals surface area contributed by atoms with Gasteiger partial charge in [0.15, 0.2) is 5.65 Å². The number of hydrogen-bond acceptors (Lipinski definition) is 7. The maximum atomic E-state index is 11.3. The van der Waals surface area contributed by atoms with Crippen LogP contribution in [-0.2, 0) is 4.79 Å². The largest absolute Gasteiger partial charge is 0.481 e. The minimum Gasteiger partial charge on any atom is -0.481 e. The minimum absolute atomic E-state index is 0.128. The molecule has 0 aromatic carbocycles. The molecule has 0 spiro atoms. The average molecular weight is 558 g/mol. The lowest BCUT2D eigenvalue weighted by molar-refractivity contribution is -0.142. The van der Waals surface area contributed by atoms with Crippen molar-refractivity contribution in [3.05, 3.63) is 52.0 Å². The highest BCUT2D eigenvalue weighted by molar-refractivity contribution is 9.10. The highest BCUT2D eigenvalue weighted by Gasteiger charge is 2.30. The van der Waals surface area contributed by atoms with Crippen LogP contribution >= 0.6 is 27.5 Å². The van der Waals surface area contributed by atoms with Gasteiger partial charge in [-0.2, -0.15) is 9.61 Å². The van der Waals surface area contributed by atoms with Gasteiger partial charge in [-0.1, -0.05) is 17.7 Å². The van der Waals surface area contributed by atoms with Crippen molar-refractivity contribution in [1.29, 1.82) is 0 Å². The molecule has 1 aliphatic carbocycles. The number of ether oxygens (including phenoxy) is 1. The highest BCUT2D eigenvalue weighted by atomic mass is 79.9. The van der Waals surface area contributed by atoms with Gasteiger partial charge in [0.2, 0.25) is 5.88 Å². The number of halogens is 2. The first-order valence-corrected chi connectivity index (χ1v) is 12.3. The van der Waals surface area contributed by atoms with Crippen molar-refractivity contribution < 1.29 is 14.6 Å². The van der Waals surface area contributed by atoms with Gasteiger partial charge in [0, 0.05) is 35.0 Å². The number of carboxylic acid groups (broad SMARTS) is 1. The van der Waals surface area contributed by atoms with Gasteiger partial charge in [-0.15, -0.1) is 0 Å². The molecule has 5 rings (SSSR count). The lowest BCUT2D eigenvalue weighted by atomic mass is 9.80. The van der Waals surface area contributed by atoms with E-state index in [0.717, 1.165) is 35.2 Å². The van der Waals surface area contributed by atoms with E-state index in [-0.39, 0.29) is 11.8 Å². The van der Waals surface area contributed by atoms with E-state index < -0.39 is 5.97 Å². The predicted octanol–water partition coefficient (Wildman–Crippen LogP) is 5.22. The van der Waals surface area contributed by atoms with E-state index in [4.69, 9.17) is 27.1 Å². The molecule has 4 aromatic rings. The third kappa shape index (κ3) is 4.32. The number of carbonyl (C=O) groups is 1. The van der Waals surface area contributed by atoms with Gasteiger partial charge in [-0.3, -0.25) is 9.78 Å². The molecule has 9 nitrogen and oxygen atoms in total. The Morgan fingerprint density at radius 2 is 1.91 bits per heavy atom. The summed E-state index contributed by atoms with van der Waals surface area (Å²) in [4.78, 5) is 25.1. The van der Waals surface area contributed by atoms with Gasteiger partial charge >= 0.3 is 5.97 Å². The zero-order valence-electron chi connectivity index (χ0n) is 18.8. The zero-order chi connectivity index (χ0) is 24.7. The topological polar surface area (TPSA) is 129 Å². The molecule has 1 fully saturated rings. The number of anilines is 1. The van der Waals surface area contributed by atoms with Crippen molar-refractivity contribution in [2.45, 2.75) is 31.6 Å². The normalized spacial score (nSPS) is 18.0. The van der Waals surface area contributed by atoms with Gasteiger partial charge in [-0.05, 0) is 53.7 Å². The first-order valence-electron chi connectivity index (χ1n) is 11.1. The summed E-state index contributed by atoms with van der Waals surface area (Å²) < 4.78 is 7.42. The van der Waals surface area contributed by atoms with Crippen LogP contribution < -0.4 is 10.5 Å². The van der Waals surface area contributed by atoms with E-state index in [9.17, 15) is 9.90 Å². The Morgan fingerprint density at radius 3 is 2.54 bits per heavy atom. The van der Waals surface area contributed by atoms with Crippen LogP contribution in [0.1, 0.15) is 37.3 Å². The fraction of sp³-hybridized carbons (Fsp3) is 0.292. The average Bonchev–Trinajstić information content (AvgIpc) is 3.30. The molecule has 1 aliphatic rings. The number of methoxy groups -OCH3 is 1. The van der Waals surface area contributed by atoms with Crippen molar-refractivity contribution >= 4 is 45.0 Å². The number of rotatable bonds is 5. The maximum absolute atomic E-state index is 11.3. The van der Waals surface area contributed by atoms with E-state index in [1.807, 2.05) is 12.1 Å². The third-order valence-corrected chi connectivity index (χ3v) is 7.57. The van der Waals surface area contributed by atoms with Crippen molar-refractivity contribution in [2.24, 2.45) is 5.92 Å². The van der Waals surface area contributed by atoms with Crippen LogP contribution in [0.4, 0.5) is 5.82 Å². The molecular weight excluding hydrogens is 536 g/mol. The number of nitrogen functional groups attached to an aromatic ring is 1. The third-order valence-electron chi connectivity index (χ3n) is 6.48. The van der Waals surface area contributed by atoms with Crippen LogP contribution in [0.3, 0.4) is 0 Å². The number of nitrogens with two attached hydrogens (primary N) is 1. The van der Waals surface area contributed by atoms with Crippen molar-refractivity contribution in [2.75, 3.05) is 12.8 Å². The summed E-state index contributed by atoms with van der Waals surface area (Å²) in [7, 11) is 1.52. The summed E-state index contributed by atoms with van der Waals surface area (Å²) in [6.45, 7) is 0. The monoisotopic (exact) mass is 556 g/mol. The molecule has 4 heterocycles. The molecule has 11 heteroatoms. The van der Waals surface area contributed by atoms with E-state index >= 15 is 0 Å².